The summed E-state index contributed by atoms with van der Waals surface area (Å²) in [6.07, 6.45) is 18.3. The number of carboxylic acid groups (broad SMARTS) is 2. The normalized spacial score (nSPS) is 11.4. The lowest BCUT2D eigenvalue weighted by atomic mass is 10.0. The molecule has 0 aromatic carbocycles. The lowest BCUT2D eigenvalue weighted by Gasteiger charge is -2.14. The summed E-state index contributed by atoms with van der Waals surface area (Å²) in [5.74, 6) is -3.27. The Morgan fingerprint density at radius 2 is 0.800 bits per heavy atom. The summed E-state index contributed by atoms with van der Waals surface area (Å²) in [6.45, 7) is 2.15. The number of halogens is 1. The third-order valence-corrected chi connectivity index (χ3v) is 9.77. The average Bonchev–Trinajstić information content (AvgIpc) is 3.22. The van der Waals surface area contributed by atoms with Crippen LogP contribution in [0.5, 0.6) is 0 Å². The lowest BCUT2D eigenvalue weighted by molar-refractivity contribution is -0.142. The number of carbonyl (C=O) groups is 7. The molecule has 0 aliphatic heterocycles. The summed E-state index contributed by atoms with van der Waals surface area (Å²) < 4.78 is 21.6. The van der Waals surface area contributed by atoms with Crippen LogP contribution >= 0.6 is 22.6 Å². The number of ether oxygens (including phenoxy) is 4. The molecule has 1 atom stereocenters. The van der Waals surface area contributed by atoms with E-state index in [1.54, 1.807) is 0 Å². The van der Waals surface area contributed by atoms with Gasteiger partial charge in [0.2, 0.25) is 29.5 Å². The molecule has 60 heavy (non-hydrogen) atoms. The predicted molar refractivity (Wildman–Crippen MR) is 234 cm³/mol. The van der Waals surface area contributed by atoms with Crippen molar-refractivity contribution in [1.82, 2.24) is 26.6 Å². The van der Waals surface area contributed by atoms with E-state index in [1.807, 2.05) is 22.6 Å². The van der Waals surface area contributed by atoms with Gasteiger partial charge < -0.3 is 55.7 Å². The Kier molecular flexibility index (Phi) is 40.3. The molecule has 19 heteroatoms. The van der Waals surface area contributed by atoms with Gasteiger partial charge in [0.15, 0.2) is 0 Å². The fourth-order valence-electron chi connectivity index (χ4n) is 5.77. The van der Waals surface area contributed by atoms with Crippen molar-refractivity contribution in [2.45, 2.75) is 134 Å². The summed E-state index contributed by atoms with van der Waals surface area (Å²) >= 11 is 1.95. The molecule has 0 saturated carbocycles. The molecular formula is C41H74IN5O13. The number of rotatable bonds is 44. The van der Waals surface area contributed by atoms with E-state index in [4.69, 9.17) is 24.1 Å². The van der Waals surface area contributed by atoms with Crippen LogP contribution in [0, 0.1) is 0 Å². The van der Waals surface area contributed by atoms with Crippen LogP contribution in [0.15, 0.2) is 0 Å². The second-order valence-electron chi connectivity index (χ2n) is 14.4. The maximum atomic E-state index is 12.3. The van der Waals surface area contributed by atoms with E-state index in [1.165, 1.54) is 57.8 Å². The molecule has 18 nitrogen and oxygen atoms in total. The summed E-state index contributed by atoms with van der Waals surface area (Å²) in [7, 11) is 0. The first-order chi connectivity index (χ1) is 29.0. The Bertz CT molecular complexity index is 1170. The Labute approximate surface area is 370 Å². The summed E-state index contributed by atoms with van der Waals surface area (Å²) in [6, 6.07) is -1.14. The van der Waals surface area contributed by atoms with Gasteiger partial charge in [0.05, 0.1) is 44.1 Å². The number of carboxylic acids is 2. The molecule has 7 N–H and O–H groups in total. The van der Waals surface area contributed by atoms with Crippen molar-refractivity contribution in [1.29, 1.82) is 0 Å². The molecule has 0 saturated heterocycles. The van der Waals surface area contributed by atoms with Crippen LogP contribution in [0.25, 0.3) is 0 Å². The SMILES string of the molecule is O=C(O)CCCCCCCCCCCCCCCCCCC(=O)NC(CCC(=O)NCCOCCOCC(=O)NCCOCCOCC(=O)NCCNC(=O)CI)C(=O)O. The van der Waals surface area contributed by atoms with E-state index >= 15 is 0 Å². The minimum absolute atomic E-state index is 0.0236. The van der Waals surface area contributed by atoms with Crippen LogP contribution in [0.2, 0.25) is 0 Å². The monoisotopic (exact) mass is 971 g/mol. The largest absolute Gasteiger partial charge is 0.481 e. The number of alkyl halides is 1. The third kappa shape index (κ3) is 41.6. The van der Waals surface area contributed by atoms with Gasteiger partial charge in [-0.15, -0.1) is 0 Å². The van der Waals surface area contributed by atoms with Crippen LogP contribution in [0.3, 0.4) is 0 Å². The first-order valence-electron chi connectivity index (χ1n) is 21.7. The van der Waals surface area contributed by atoms with Gasteiger partial charge in [-0.25, -0.2) is 4.79 Å². The van der Waals surface area contributed by atoms with Gasteiger partial charge >= 0.3 is 11.9 Å². The fraction of sp³-hybridized carbons (Fsp3) is 0.829. The van der Waals surface area contributed by atoms with Gasteiger partial charge in [-0.3, -0.25) is 28.8 Å². The van der Waals surface area contributed by atoms with Gasteiger partial charge in [0.25, 0.3) is 0 Å². The van der Waals surface area contributed by atoms with Crippen molar-refractivity contribution in [3.05, 3.63) is 0 Å². The molecule has 0 heterocycles. The highest BCUT2D eigenvalue weighted by Gasteiger charge is 2.20. The Balaban J connectivity index is 3.64. The van der Waals surface area contributed by atoms with Gasteiger partial charge in [-0.2, -0.15) is 0 Å². The second-order valence-corrected chi connectivity index (χ2v) is 15.2. The predicted octanol–water partition coefficient (Wildman–Crippen LogP) is 3.41. The van der Waals surface area contributed by atoms with Gasteiger partial charge in [-0.05, 0) is 19.3 Å². The van der Waals surface area contributed by atoms with Crippen molar-refractivity contribution in [3.63, 3.8) is 0 Å². The molecule has 0 spiro atoms. The van der Waals surface area contributed by atoms with Gasteiger partial charge in [0, 0.05) is 45.4 Å². The van der Waals surface area contributed by atoms with Crippen molar-refractivity contribution < 1.29 is 62.7 Å². The molecule has 348 valence electrons. The lowest BCUT2D eigenvalue weighted by Crippen LogP contribution is -2.41. The van der Waals surface area contributed by atoms with Gasteiger partial charge in [-0.1, -0.05) is 112 Å². The van der Waals surface area contributed by atoms with Crippen LogP contribution in [-0.4, -0.2) is 141 Å². The zero-order valence-corrected chi connectivity index (χ0v) is 37.8. The van der Waals surface area contributed by atoms with Crippen molar-refractivity contribution in [2.24, 2.45) is 0 Å². The zero-order valence-electron chi connectivity index (χ0n) is 35.7. The number of amides is 5. The fourth-order valence-corrected chi connectivity index (χ4v) is 6.04. The average molecular weight is 972 g/mol. The highest BCUT2D eigenvalue weighted by atomic mass is 127. The number of aliphatic carboxylic acids is 2. The van der Waals surface area contributed by atoms with E-state index < -0.39 is 18.0 Å². The molecule has 0 aliphatic rings. The molecule has 0 fully saturated rings. The molecule has 0 bridgehead atoms. The topological polar surface area (TPSA) is 257 Å². The van der Waals surface area contributed by atoms with Crippen LogP contribution in [-0.2, 0) is 52.5 Å². The van der Waals surface area contributed by atoms with Crippen LogP contribution in [0.1, 0.15) is 128 Å². The maximum absolute atomic E-state index is 12.3. The van der Waals surface area contributed by atoms with Crippen LogP contribution in [0.4, 0.5) is 0 Å². The van der Waals surface area contributed by atoms with Gasteiger partial charge in [0.1, 0.15) is 19.3 Å². The smallest absolute Gasteiger partial charge is 0.326 e. The number of unbranched alkanes of at least 4 members (excludes halogenated alkanes) is 15. The van der Waals surface area contributed by atoms with Crippen LogP contribution < -0.4 is 26.6 Å². The first kappa shape index (κ1) is 56.9. The van der Waals surface area contributed by atoms with E-state index in [0.717, 1.165) is 38.5 Å². The molecule has 0 radical (unpaired) electrons. The molecule has 0 aromatic rings. The molecule has 1 unspecified atom stereocenters. The Morgan fingerprint density at radius 1 is 0.417 bits per heavy atom. The summed E-state index contributed by atoms with van der Waals surface area (Å²) in [5, 5.41) is 31.3. The molecule has 0 rings (SSSR count). The number of hydrogen-bond acceptors (Lipinski definition) is 11. The number of nitrogens with one attached hydrogen (secondary N) is 5. The first-order valence-corrected chi connectivity index (χ1v) is 23.2. The van der Waals surface area contributed by atoms with Crippen molar-refractivity contribution in [2.75, 3.05) is 83.5 Å². The minimum atomic E-state index is -1.18. The Hall–Kier alpha value is -3.14. The maximum Gasteiger partial charge on any atom is 0.326 e. The molecule has 0 aromatic heterocycles. The molecule has 5 amide bonds. The molecular weight excluding hydrogens is 897 g/mol. The standard InChI is InChI=1S/C41H74IN5O13/c42-31-37(50)43-21-22-44-38(51)32-59-29-28-58-26-24-46-39(52)33-60-30-27-57-25-23-45-35(48)20-19-34(41(55)56)47-36(49)17-15-13-11-9-7-5-3-1-2-4-6-8-10-12-14-16-18-40(53)54/h34H,1-33H2,(H,43,50)(H,44,51)(H,45,48)(H,46,52)(H,47,49)(H,53,54)(H,55,56). The molecule has 0 aliphatic carbocycles. The summed E-state index contributed by atoms with van der Waals surface area (Å²) in [4.78, 5) is 81.3. The highest BCUT2D eigenvalue weighted by Crippen LogP contribution is 2.14. The van der Waals surface area contributed by atoms with E-state index in [0.29, 0.717) is 23.9 Å². The number of hydrogen-bond donors (Lipinski definition) is 7. The third-order valence-electron chi connectivity index (χ3n) is 9.08. The van der Waals surface area contributed by atoms with E-state index in [9.17, 15) is 38.7 Å². The zero-order chi connectivity index (χ0) is 44.3. The number of carbonyl (C=O) groups excluding carboxylic acids is 5. The van der Waals surface area contributed by atoms with Crippen molar-refractivity contribution in [3.8, 4) is 0 Å². The summed E-state index contributed by atoms with van der Waals surface area (Å²) in [5.41, 5.74) is 0. The second kappa shape index (κ2) is 42.5. The quantitative estimate of drug-likeness (QED) is 0.0263. The van der Waals surface area contributed by atoms with E-state index in [2.05, 4.69) is 26.6 Å². The van der Waals surface area contributed by atoms with Crippen molar-refractivity contribution >= 4 is 64.1 Å². The minimum Gasteiger partial charge on any atom is -0.481 e. The Morgan fingerprint density at radius 3 is 1.23 bits per heavy atom. The highest BCUT2D eigenvalue weighted by molar-refractivity contribution is 14.1. The van der Waals surface area contributed by atoms with E-state index in [-0.39, 0.29) is 121 Å².